The van der Waals surface area contributed by atoms with E-state index in [0.29, 0.717) is 5.82 Å². The monoisotopic (exact) mass is 254 g/mol. The van der Waals surface area contributed by atoms with Crippen molar-refractivity contribution in [3.05, 3.63) is 34.8 Å². The SMILES string of the molecule is O=C(O)Cc1ncc2ccc(Br)cn12. The van der Waals surface area contributed by atoms with Crippen LogP contribution < -0.4 is 0 Å². The Morgan fingerprint density at radius 2 is 2.36 bits per heavy atom. The molecule has 0 aromatic carbocycles. The number of hydrogen-bond acceptors (Lipinski definition) is 2. The zero-order valence-corrected chi connectivity index (χ0v) is 8.73. The summed E-state index contributed by atoms with van der Waals surface area (Å²) in [6, 6.07) is 3.77. The summed E-state index contributed by atoms with van der Waals surface area (Å²) in [4.78, 5) is 14.6. The maximum Gasteiger partial charge on any atom is 0.311 e. The fourth-order valence-electron chi connectivity index (χ4n) is 1.28. The molecule has 0 aliphatic rings. The van der Waals surface area contributed by atoms with Crippen molar-refractivity contribution in [3.8, 4) is 0 Å². The van der Waals surface area contributed by atoms with Gasteiger partial charge in [0.1, 0.15) is 12.2 Å². The number of halogens is 1. The van der Waals surface area contributed by atoms with Crippen LogP contribution in [0.25, 0.3) is 5.52 Å². The molecule has 1 N–H and O–H groups in total. The molecule has 2 heterocycles. The topological polar surface area (TPSA) is 54.6 Å². The molecule has 0 aliphatic carbocycles. The van der Waals surface area contributed by atoms with Crippen LogP contribution in [0.4, 0.5) is 0 Å². The van der Waals surface area contributed by atoms with Gasteiger partial charge in [-0.1, -0.05) is 0 Å². The molecule has 14 heavy (non-hydrogen) atoms. The van der Waals surface area contributed by atoms with Gasteiger partial charge in [-0.2, -0.15) is 0 Å². The maximum absolute atomic E-state index is 10.5. The largest absolute Gasteiger partial charge is 0.481 e. The second-order valence-corrected chi connectivity index (χ2v) is 3.80. The number of aromatic nitrogens is 2. The lowest BCUT2D eigenvalue weighted by Crippen LogP contribution is -2.04. The highest BCUT2D eigenvalue weighted by Crippen LogP contribution is 2.14. The smallest absolute Gasteiger partial charge is 0.311 e. The summed E-state index contributed by atoms with van der Waals surface area (Å²) in [6.07, 6.45) is 3.40. The molecule has 5 heteroatoms. The van der Waals surface area contributed by atoms with Gasteiger partial charge in [-0.05, 0) is 28.1 Å². The maximum atomic E-state index is 10.5. The third kappa shape index (κ3) is 1.63. The lowest BCUT2D eigenvalue weighted by molar-refractivity contribution is -0.136. The van der Waals surface area contributed by atoms with E-state index in [1.807, 2.05) is 12.1 Å². The van der Waals surface area contributed by atoms with E-state index in [0.717, 1.165) is 9.99 Å². The van der Waals surface area contributed by atoms with Crippen LogP contribution >= 0.6 is 15.9 Å². The number of pyridine rings is 1. The number of hydrogen-bond donors (Lipinski definition) is 1. The van der Waals surface area contributed by atoms with Gasteiger partial charge in [0.2, 0.25) is 0 Å². The van der Waals surface area contributed by atoms with E-state index in [-0.39, 0.29) is 6.42 Å². The van der Waals surface area contributed by atoms with Gasteiger partial charge in [-0.3, -0.25) is 4.79 Å². The zero-order valence-electron chi connectivity index (χ0n) is 7.14. The summed E-state index contributed by atoms with van der Waals surface area (Å²) in [5, 5.41) is 8.65. The summed E-state index contributed by atoms with van der Waals surface area (Å²) in [6.45, 7) is 0. The first kappa shape index (κ1) is 9.21. The van der Waals surface area contributed by atoms with Crippen LogP contribution in [0.2, 0.25) is 0 Å². The van der Waals surface area contributed by atoms with Crippen LogP contribution in [-0.4, -0.2) is 20.5 Å². The van der Waals surface area contributed by atoms with Gasteiger partial charge in [0.05, 0.1) is 11.7 Å². The minimum atomic E-state index is -0.877. The lowest BCUT2D eigenvalue weighted by Gasteiger charge is -1.98. The van der Waals surface area contributed by atoms with Crippen LogP contribution in [0, 0.1) is 0 Å². The molecule has 0 aliphatic heterocycles. The van der Waals surface area contributed by atoms with Crippen LogP contribution in [-0.2, 0) is 11.2 Å². The fraction of sp³-hybridized carbons (Fsp3) is 0.111. The fourth-order valence-corrected chi connectivity index (χ4v) is 1.62. The van der Waals surface area contributed by atoms with E-state index in [1.54, 1.807) is 16.8 Å². The average molecular weight is 255 g/mol. The Bertz CT molecular complexity index is 493. The summed E-state index contributed by atoms with van der Waals surface area (Å²) in [5.41, 5.74) is 0.893. The highest BCUT2D eigenvalue weighted by molar-refractivity contribution is 9.10. The van der Waals surface area contributed by atoms with Gasteiger partial charge in [-0.25, -0.2) is 4.98 Å². The number of fused-ring (bicyclic) bond motifs is 1. The van der Waals surface area contributed by atoms with Gasteiger partial charge < -0.3 is 9.51 Å². The molecule has 2 rings (SSSR count). The van der Waals surface area contributed by atoms with Crippen molar-refractivity contribution in [2.24, 2.45) is 0 Å². The number of carboxylic acid groups (broad SMARTS) is 1. The van der Waals surface area contributed by atoms with Crippen molar-refractivity contribution < 1.29 is 9.90 Å². The van der Waals surface area contributed by atoms with E-state index in [9.17, 15) is 4.79 Å². The number of carboxylic acids is 1. The van der Waals surface area contributed by atoms with Crippen LogP contribution in [0.5, 0.6) is 0 Å². The molecule has 0 atom stereocenters. The number of aliphatic carboxylic acids is 1. The third-order valence-corrected chi connectivity index (χ3v) is 2.35. The Kier molecular flexibility index (Phi) is 2.25. The van der Waals surface area contributed by atoms with Crippen LogP contribution in [0.3, 0.4) is 0 Å². The molecule has 2 aromatic rings. The van der Waals surface area contributed by atoms with Crippen molar-refractivity contribution in [2.45, 2.75) is 6.42 Å². The van der Waals surface area contributed by atoms with E-state index in [4.69, 9.17) is 5.11 Å². The highest BCUT2D eigenvalue weighted by Gasteiger charge is 2.07. The first-order chi connectivity index (χ1) is 6.66. The van der Waals surface area contributed by atoms with E-state index < -0.39 is 5.97 Å². The molecule has 0 saturated heterocycles. The van der Waals surface area contributed by atoms with Crippen molar-refractivity contribution >= 4 is 27.4 Å². The molecule has 0 spiro atoms. The summed E-state index contributed by atoms with van der Waals surface area (Å²) in [5.74, 6) is -0.341. The second-order valence-electron chi connectivity index (χ2n) is 2.89. The van der Waals surface area contributed by atoms with Crippen molar-refractivity contribution in [3.63, 3.8) is 0 Å². The molecule has 0 fully saturated rings. The number of carbonyl (C=O) groups is 1. The van der Waals surface area contributed by atoms with Gasteiger partial charge in [0.15, 0.2) is 0 Å². The molecule has 0 radical (unpaired) electrons. The Balaban J connectivity index is 2.55. The minimum Gasteiger partial charge on any atom is -0.481 e. The predicted molar refractivity (Wildman–Crippen MR) is 54.2 cm³/mol. The van der Waals surface area contributed by atoms with Crippen molar-refractivity contribution in [2.75, 3.05) is 0 Å². The quantitative estimate of drug-likeness (QED) is 0.888. The first-order valence-corrected chi connectivity index (χ1v) is 4.79. The molecule has 72 valence electrons. The Labute approximate surface area is 88.3 Å². The number of rotatable bonds is 2. The molecule has 0 unspecified atom stereocenters. The molecular formula is C9H7BrN2O2. The van der Waals surface area contributed by atoms with Gasteiger partial charge >= 0.3 is 5.97 Å². The van der Waals surface area contributed by atoms with Gasteiger partial charge in [0.25, 0.3) is 0 Å². The van der Waals surface area contributed by atoms with Gasteiger partial charge in [0, 0.05) is 10.7 Å². The molecular weight excluding hydrogens is 248 g/mol. The molecule has 0 saturated carbocycles. The predicted octanol–water partition coefficient (Wildman–Crippen LogP) is 1.72. The summed E-state index contributed by atoms with van der Waals surface area (Å²) < 4.78 is 2.66. The highest BCUT2D eigenvalue weighted by atomic mass is 79.9. The average Bonchev–Trinajstić information content (AvgIpc) is 2.47. The Morgan fingerprint density at radius 3 is 3.07 bits per heavy atom. The summed E-state index contributed by atoms with van der Waals surface area (Å²) in [7, 11) is 0. The molecule has 4 nitrogen and oxygen atoms in total. The van der Waals surface area contributed by atoms with E-state index in [2.05, 4.69) is 20.9 Å². The van der Waals surface area contributed by atoms with Crippen molar-refractivity contribution in [1.82, 2.24) is 9.38 Å². The number of nitrogens with zero attached hydrogens (tertiary/aromatic N) is 2. The standard InChI is InChI=1S/C9H7BrN2O2/c10-6-1-2-7-4-11-8(3-9(13)14)12(7)5-6/h1-2,4-5H,3H2,(H,13,14). The van der Waals surface area contributed by atoms with E-state index >= 15 is 0 Å². The van der Waals surface area contributed by atoms with Crippen molar-refractivity contribution in [1.29, 1.82) is 0 Å². The Hall–Kier alpha value is -1.36. The lowest BCUT2D eigenvalue weighted by atomic mass is 10.4. The third-order valence-electron chi connectivity index (χ3n) is 1.88. The summed E-state index contributed by atoms with van der Waals surface area (Å²) >= 11 is 3.32. The second kappa shape index (κ2) is 3.42. The minimum absolute atomic E-state index is 0.0649. The van der Waals surface area contributed by atoms with Crippen LogP contribution in [0.1, 0.15) is 5.82 Å². The van der Waals surface area contributed by atoms with E-state index in [1.165, 1.54) is 0 Å². The molecule has 2 aromatic heterocycles. The zero-order chi connectivity index (χ0) is 10.1. The number of imidazole rings is 1. The Morgan fingerprint density at radius 1 is 1.57 bits per heavy atom. The normalized spacial score (nSPS) is 10.6. The van der Waals surface area contributed by atoms with Crippen LogP contribution in [0.15, 0.2) is 29.0 Å². The molecule has 0 bridgehead atoms. The first-order valence-electron chi connectivity index (χ1n) is 4.00. The van der Waals surface area contributed by atoms with Gasteiger partial charge in [-0.15, -0.1) is 0 Å². The molecule has 0 amide bonds.